The Balaban J connectivity index is 1.16. The maximum atomic E-state index is 2.50. The van der Waals surface area contributed by atoms with Crippen molar-refractivity contribution in [1.29, 1.82) is 0 Å². The monoisotopic (exact) mass is 683 g/mol. The van der Waals surface area contributed by atoms with Gasteiger partial charge in [0.25, 0.3) is 0 Å². The maximum Gasteiger partial charge on any atom is 0.0540 e. The van der Waals surface area contributed by atoms with Crippen LogP contribution in [-0.2, 0) is 5.41 Å². The average molecular weight is 684 g/mol. The second-order valence-electron chi connectivity index (χ2n) is 14.5. The van der Waals surface area contributed by atoms with Crippen molar-refractivity contribution in [2.75, 3.05) is 4.90 Å². The molecule has 0 atom stereocenters. The van der Waals surface area contributed by atoms with Crippen LogP contribution in [0.2, 0.25) is 0 Å². The molecule has 1 aliphatic rings. The summed E-state index contributed by atoms with van der Waals surface area (Å²) < 4.78 is 2.67. The molecule has 0 radical (unpaired) electrons. The van der Waals surface area contributed by atoms with Gasteiger partial charge in [0.1, 0.15) is 0 Å². The molecule has 0 aliphatic heterocycles. The summed E-state index contributed by atoms with van der Waals surface area (Å²) in [6.45, 7) is 4.82. The van der Waals surface area contributed by atoms with Crippen molar-refractivity contribution < 1.29 is 0 Å². The highest BCUT2D eigenvalue weighted by Gasteiger charge is 2.35. The summed E-state index contributed by atoms with van der Waals surface area (Å²) in [6.07, 6.45) is 0. The fourth-order valence-corrected chi connectivity index (χ4v) is 9.86. The molecule has 0 spiro atoms. The van der Waals surface area contributed by atoms with Gasteiger partial charge in [-0.3, -0.25) is 0 Å². The summed E-state index contributed by atoms with van der Waals surface area (Å²) in [5.41, 5.74) is 12.7. The third kappa shape index (κ3) is 4.82. The molecule has 0 saturated carbocycles. The predicted molar refractivity (Wildman–Crippen MR) is 223 cm³/mol. The minimum Gasteiger partial charge on any atom is -0.310 e. The lowest BCUT2D eigenvalue weighted by molar-refractivity contribution is 0.646. The fraction of sp³-hybridized carbons (Fsp3) is 0.0800. The molecule has 0 saturated heterocycles. The van der Waals surface area contributed by atoms with Crippen molar-refractivity contribution >= 4 is 59.3 Å². The minimum atomic E-state index is -0.182. The smallest absolute Gasteiger partial charge is 0.0540 e. The molecule has 1 aliphatic carbocycles. The van der Waals surface area contributed by atoms with Gasteiger partial charge in [0.05, 0.1) is 5.69 Å². The van der Waals surface area contributed by atoms with Crippen LogP contribution in [-0.4, -0.2) is 0 Å². The van der Waals surface area contributed by atoms with Crippen LogP contribution in [0.3, 0.4) is 0 Å². The number of anilines is 3. The summed E-state index contributed by atoms with van der Waals surface area (Å²) in [5.74, 6) is 0.178. The first-order valence-corrected chi connectivity index (χ1v) is 19.0. The quantitative estimate of drug-likeness (QED) is 0.158. The van der Waals surface area contributed by atoms with Crippen LogP contribution in [0.15, 0.2) is 182 Å². The highest BCUT2D eigenvalue weighted by molar-refractivity contribution is 7.25. The van der Waals surface area contributed by atoms with E-state index in [1.165, 1.54) is 75.6 Å². The predicted octanol–water partition coefficient (Wildman–Crippen LogP) is 14.2. The molecule has 1 heterocycles. The van der Waals surface area contributed by atoms with Gasteiger partial charge in [-0.15, -0.1) is 11.3 Å². The second-order valence-corrected chi connectivity index (χ2v) is 15.6. The molecule has 0 fully saturated rings. The van der Waals surface area contributed by atoms with Crippen molar-refractivity contribution in [1.82, 2.24) is 0 Å². The number of fused-ring (bicyclic) bond motifs is 5. The van der Waals surface area contributed by atoms with Crippen molar-refractivity contribution in [2.45, 2.75) is 25.2 Å². The van der Waals surface area contributed by atoms with E-state index in [1.54, 1.807) is 0 Å². The Bertz CT molecular complexity index is 2670. The second kappa shape index (κ2) is 12.1. The highest BCUT2D eigenvalue weighted by atomic mass is 32.1. The van der Waals surface area contributed by atoms with Crippen molar-refractivity contribution in [2.24, 2.45) is 0 Å². The fourth-order valence-electron chi connectivity index (χ4n) is 8.68. The number of hydrogen-bond acceptors (Lipinski definition) is 2. The van der Waals surface area contributed by atoms with Gasteiger partial charge in [0.15, 0.2) is 0 Å². The lowest BCUT2D eigenvalue weighted by atomic mass is 9.68. The van der Waals surface area contributed by atoms with E-state index in [1.807, 2.05) is 11.3 Å². The van der Waals surface area contributed by atoms with E-state index in [9.17, 15) is 0 Å². The van der Waals surface area contributed by atoms with Gasteiger partial charge in [-0.1, -0.05) is 147 Å². The summed E-state index contributed by atoms with van der Waals surface area (Å²) in [4.78, 5) is 2.40. The van der Waals surface area contributed by atoms with Crippen LogP contribution in [0.1, 0.15) is 47.6 Å². The number of nitrogens with zero attached hydrogens (tertiary/aromatic N) is 1. The van der Waals surface area contributed by atoms with E-state index < -0.39 is 0 Å². The van der Waals surface area contributed by atoms with Gasteiger partial charge >= 0.3 is 0 Å². The molecule has 2 heteroatoms. The molecule has 9 aromatic rings. The van der Waals surface area contributed by atoms with Gasteiger partial charge in [0.2, 0.25) is 0 Å². The van der Waals surface area contributed by atoms with Gasteiger partial charge in [-0.25, -0.2) is 0 Å². The largest absolute Gasteiger partial charge is 0.310 e. The van der Waals surface area contributed by atoms with Crippen LogP contribution in [0.5, 0.6) is 0 Å². The Kier molecular flexibility index (Phi) is 7.16. The summed E-state index contributed by atoms with van der Waals surface area (Å²) in [5, 5.41) is 5.31. The Morgan fingerprint density at radius 2 is 1.04 bits per heavy atom. The topological polar surface area (TPSA) is 3.24 Å². The minimum absolute atomic E-state index is 0.178. The average Bonchev–Trinajstić information content (AvgIpc) is 3.55. The Morgan fingerprint density at radius 1 is 0.442 bits per heavy atom. The number of rotatable bonds is 6. The molecule has 1 aromatic heterocycles. The standard InChI is InChI=1S/C50H37NS/c1-50(2)43-25-15-24-40-45(51(36-20-11-5-12-21-36)37-22-13-6-14-23-37)29-28-39(49(40)43)41-32-47-42(31-44(41)50)38-27-26-35(30-46(38)52-47)48(33-16-7-3-8-17-33)34-18-9-4-10-19-34/h3-32,48H,1-2H3. The van der Waals surface area contributed by atoms with E-state index in [0.29, 0.717) is 0 Å². The third-order valence-corrected chi connectivity index (χ3v) is 12.3. The summed E-state index contributed by atoms with van der Waals surface area (Å²) >= 11 is 1.92. The van der Waals surface area contributed by atoms with Crippen LogP contribution in [0, 0.1) is 0 Å². The van der Waals surface area contributed by atoms with Crippen LogP contribution in [0.4, 0.5) is 17.1 Å². The normalized spacial score (nSPS) is 13.1. The van der Waals surface area contributed by atoms with E-state index in [0.717, 1.165) is 11.4 Å². The Hall–Kier alpha value is -5.96. The molecule has 248 valence electrons. The SMILES string of the molecule is CC1(C)c2cc3c(cc2-c2ccc(N(c4ccccc4)c4ccccc4)c4cccc1c24)sc1cc(C(c2ccccc2)c2ccccc2)ccc13. The first kappa shape index (κ1) is 30.8. The van der Waals surface area contributed by atoms with Crippen molar-refractivity contribution in [3.63, 3.8) is 0 Å². The van der Waals surface area contributed by atoms with E-state index in [-0.39, 0.29) is 11.3 Å². The molecule has 52 heavy (non-hydrogen) atoms. The van der Waals surface area contributed by atoms with Gasteiger partial charge in [-0.05, 0) is 92.9 Å². The molecular weight excluding hydrogens is 647 g/mol. The van der Waals surface area contributed by atoms with Crippen LogP contribution >= 0.6 is 11.3 Å². The van der Waals surface area contributed by atoms with Gasteiger partial charge in [0, 0.05) is 48.3 Å². The molecule has 0 amide bonds. The van der Waals surface area contributed by atoms with Gasteiger partial charge in [-0.2, -0.15) is 0 Å². The molecule has 0 unspecified atom stereocenters. The zero-order chi connectivity index (χ0) is 34.8. The molecule has 0 N–H and O–H groups in total. The third-order valence-electron chi connectivity index (χ3n) is 11.2. The van der Waals surface area contributed by atoms with Crippen molar-refractivity contribution in [3.8, 4) is 11.1 Å². The molecule has 8 aromatic carbocycles. The highest BCUT2D eigenvalue weighted by Crippen LogP contribution is 2.53. The lowest BCUT2D eigenvalue weighted by Gasteiger charge is -2.36. The Labute approximate surface area is 309 Å². The van der Waals surface area contributed by atoms with E-state index in [4.69, 9.17) is 0 Å². The molecule has 1 nitrogen and oxygen atoms in total. The maximum absolute atomic E-state index is 2.50. The number of thiophene rings is 1. The zero-order valence-corrected chi connectivity index (χ0v) is 30.1. The molecule has 0 bridgehead atoms. The zero-order valence-electron chi connectivity index (χ0n) is 29.3. The number of para-hydroxylation sites is 2. The number of benzene rings is 8. The van der Waals surface area contributed by atoms with E-state index in [2.05, 4.69) is 201 Å². The first-order valence-electron chi connectivity index (χ1n) is 18.1. The van der Waals surface area contributed by atoms with E-state index >= 15 is 0 Å². The number of hydrogen-bond donors (Lipinski definition) is 0. The van der Waals surface area contributed by atoms with Crippen LogP contribution in [0.25, 0.3) is 42.1 Å². The first-order chi connectivity index (χ1) is 25.6. The molecule has 10 rings (SSSR count). The summed E-state index contributed by atoms with van der Waals surface area (Å²) in [6, 6.07) is 67.1. The Morgan fingerprint density at radius 3 is 1.67 bits per heavy atom. The van der Waals surface area contributed by atoms with Crippen molar-refractivity contribution in [3.05, 3.63) is 210 Å². The van der Waals surface area contributed by atoms with Gasteiger partial charge < -0.3 is 4.90 Å². The summed E-state index contributed by atoms with van der Waals surface area (Å²) in [7, 11) is 0. The molecular formula is C50H37NS. The van der Waals surface area contributed by atoms with Crippen LogP contribution < -0.4 is 4.90 Å². The lowest BCUT2D eigenvalue weighted by Crippen LogP contribution is -2.24.